The van der Waals surface area contributed by atoms with Crippen molar-refractivity contribution >= 4 is 28.4 Å². The zero-order valence-corrected chi connectivity index (χ0v) is 12.2. The predicted octanol–water partition coefficient (Wildman–Crippen LogP) is 2.42. The van der Waals surface area contributed by atoms with Crippen molar-refractivity contribution in [2.45, 2.75) is 6.92 Å². The fraction of sp³-hybridized carbons (Fsp3) is 0.118. The molecule has 1 aromatic carbocycles. The van der Waals surface area contributed by atoms with Gasteiger partial charge in [-0.1, -0.05) is 36.4 Å². The van der Waals surface area contributed by atoms with Crippen LogP contribution in [-0.4, -0.2) is 23.3 Å². The number of benzene rings is 1. The number of hydrogen-bond acceptors (Lipinski definition) is 3. The molecule has 2 rings (SSSR count). The number of nitrogens with one attached hydrogen (secondary N) is 2. The van der Waals surface area contributed by atoms with Crippen LogP contribution in [0, 0.1) is 0 Å². The summed E-state index contributed by atoms with van der Waals surface area (Å²) in [6, 6.07) is 9.31. The number of amides is 2. The summed E-state index contributed by atoms with van der Waals surface area (Å²) in [5.74, 6) is -0.616. The van der Waals surface area contributed by atoms with E-state index in [0.29, 0.717) is 5.69 Å². The zero-order chi connectivity index (χ0) is 15.8. The second-order valence-corrected chi connectivity index (χ2v) is 4.53. The average Bonchev–Trinajstić information content (AvgIpc) is 2.54. The van der Waals surface area contributed by atoms with Crippen LogP contribution in [0.1, 0.15) is 6.92 Å². The molecule has 22 heavy (non-hydrogen) atoms. The molecule has 0 aliphatic carbocycles. The summed E-state index contributed by atoms with van der Waals surface area (Å²) < 4.78 is 0. The van der Waals surface area contributed by atoms with Crippen LogP contribution in [0.4, 0.5) is 5.69 Å². The largest absolute Gasteiger partial charge is 0.343 e. The number of nitrogens with zero attached hydrogens (tertiary/aromatic N) is 1. The monoisotopic (exact) mass is 295 g/mol. The highest BCUT2D eigenvalue weighted by atomic mass is 16.2. The van der Waals surface area contributed by atoms with Crippen molar-refractivity contribution in [3.8, 4) is 0 Å². The van der Waals surface area contributed by atoms with Gasteiger partial charge in [0.25, 0.3) is 0 Å². The third-order valence-corrected chi connectivity index (χ3v) is 2.88. The number of fused-ring (bicyclic) bond motifs is 1. The maximum absolute atomic E-state index is 11.9. The first kappa shape index (κ1) is 15.4. The van der Waals surface area contributed by atoms with Crippen LogP contribution < -0.4 is 10.6 Å². The minimum Gasteiger partial charge on any atom is -0.343 e. The van der Waals surface area contributed by atoms with Gasteiger partial charge in [-0.3, -0.25) is 14.6 Å². The fourth-order valence-corrected chi connectivity index (χ4v) is 1.88. The van der Waals surface area contributed by atoms with E-state index < -0.39 is 0 Å². The third kappa shape index (κ3) is 4.28. The molecule has 1 aromatic heterocycles. The molecule has 0 radical (unpaired) electrons. The van der Waals surface area contributed by atoms with Gasteiger partial charge in [-0.25, -0.2) is 0 Å². The predicted molar refractivity (Wildman–Crippen MR) is 87.3 cm³/mol. The summed E-state index contributed by atoms with van der Waals surface area (Å²) >= 11 is 0. The smallest absolute Gasteiger partial charge is 0.244 e. The number of rotatable bonds is 5. The van der Waals surface area contributed by atoms with Gasteiger partial charge in [0.2, 0.25) is 11.8 Å². The SMILES string of the molecule is C/C=C/C=C\C(=O)NCC(=O)Nc1cccc2cccnc12. The Morgan fingerprint density at radius 1 is 1.18 bits per heavy atom. The lowest BCUT2D eigenvalue weighted by Gasteiger charge is -2.08. The Kier molecular flexibility index (Phi) is 5.43. The summed E-state index contributed by atoms with van der Waals surface area (Å²) in [4.78, 5) is 27.6. The van der Waals surface area contributed by atoms with Gasteiger partial charge in [0, 0.05) is 17.7 Å². The normalized spacial score (nSPS) is 11.1. The van der Waals surface area contributed by atoms with E-state index in [1.165, 1.54) is 6.08 Å². The number of carbonyl (C=O) groups is 2. The van der Waals surface area contributed by atoms with Crippen LogP contribution in [0.2, 0.25) is 0 Å². The van der Waals surface area contributed by atoms with Crippen molar-refractivity contribution in [3.05, 3.63) is 60.8 Å². The van der Waals surface area contributed by atoms with Gasteiger partial charge in [-0.15, -0.1) is 0 Å². The van der Waals surface area contributed by atoms with Gasteiger partial charge in [0.05, 0.1) is 17.7 Å². The second kappa shape index (κ2) is 7.73. The Morgan fingerprint density at radius 2 is 2.00 bits per heavy atom. The van der Waals surface area contributed by atoms with Gasteiger partial charge in [0.15, 0.2) is 0 Å². The average molecular weight is 295 g/mol. The van der Waals surface area contributed by atoms with Crippen molar-refractivity contribution in [1.29, 1.82) is 0 Å². The highest BCUT2D eigenvalue weighted by molar-refractivity contribution is 6.02. The molecule has 0 aliphatic heterocycles. The van der Waals surface area contributed by atoms with Crippen molar-refractivity contribution in [1.82, 2.24) is 10.3 Å². The lowest BCUT2D eigenvalue weighted by atomic mass is 10.2. The van der Waals surface area contributed by atoms with E-state index in [9.17, 15) is 9.59 Å². The highest BCUT2D eigenvalue weighted by Crippen LogP contribution is 2.20. The van der Waals surface area contributed by atoms with Gasteiger partial charge in [-0.05, 0) is 19.1 Å². The maximum atomic E-state index is 11.9. The summed E-state index contributed by atoms with van der Waals surface area (Å²) in [7, 11) is 0. The Balaban J connectivity index is 1.95. The molecule has 2 N–H and O–H groups in total. The zero-order valence-electron chi connectivity index (χ0n) is 12.2. The summed E-state index contributed by atoms with van der Waals surface area (Å²) in [6.07, 6.45) is 8.20. The van der Waals surface area contributed by atoms with Crippen LogP contribution in [0.3, 0.4) is 0 Å². The molecule has 0 fully saturated rings. The Morgan fingerprint density at radius 3 is 2.82 bits per heavy atom. The summed E-state index contributed by atoms with van der Waals surface area (Å²) in [5.41, 5.74) is 1.35. The van der Waals surface area contributed by atoms with E-state index in [2.05, 4.69) is 15.6 Å². The van der Waals surface area contributed by atoms with Gasteiger partial charge >= 0.3 is 0 Å². The standard InChI is InChI=1S/C17H17N3O2/c1-2-3-4-10-15(21)19-12-16(22)20-14-9-5-7-13-8-6-11-18-17(13)14/h2-11H,12H2,1H3,(H,19,21)(H,20,22)/b3-2+,10-4-. The van der Waals surface area contributed by atoms with Crippen molar-refractivity contribution in [3.63, 3.8) is 0 Å². The van der Waals surface area contributed by atoms with Crippen LogP contribution in [0.25, 0.3) is 10.9 Å². The maximum Gasteiger partial charge on any atom is 0.244 e. The van der Waals surface area contributed by atoms with E-state index in [0.717, 1.165) is 10.9 Å². The number of anilines is 1. The molecule has 5 nitrogen and oxygen atoms in total. The van der Waals surface area contributed by atoms with Gasteiger partial charge < -0.3 is 10.6 Å². The molecule has 5 heteroatoms. The number of aromatic nitrogens is 1. The molecule has 0 saturated heterocycles. The fourth-order valence-electron chi connectivity index (χ4n) is 1.88. The molecule has 1 heterocycles. The minimum absolute atomic E-state index is 0.0950. The van der Waals surface area contributed by atoms with Crippen LogP contribution >= 0.6 is 0 Å². The first-order valence-corrected chi connectivity index (χ1v) is 6.91. The van der Waals surface area contributed by atoms with E-state index in [1.807, 2.05) is 37.3 Å². The number of allylic oxidation sites excluding steroid dienone is 3. The van der Waals surface area contributed by atoms with E-state index in [4.69, 9.17) is 0 Å². The highest BCUT2D eigenvalue weighted by Gasteiger charge is 2.07. The van der Waals surface area contributed by atoms with E-state index in [-0.39, 0.29) is 18.4 Å². The van der Waals surface area contributed by atoms with Crippen LogP contribution in [0.15, 0.2) is 60.8 Å². The molecule has 112 valence electrons. The third-order valence-electron chi connectivity index (χ3n) is 2.88. The summed E-state index contributed by atoms with van der Waals surface area (Å²) in [5, 5.41) is 6.21. The Labute approximate surface area is 128 Å². The molecule has 0 spiro atoms. The quantitative estimate of drug-likeness (QED) is 0.657. The van der Waals surface area contributed by atoms with Crippen molar-refractivity contribution in [2.75, 3.05) is 11.9 Å². The van der Waals surface area contributed by atoms with Crippen LogP contribution in [-0.2, 0) is 9.59 Å². The molecule has 2 amide bonds. The van der Waals surface area contributed by atoms with Crippen LogP contribution in [0.5, 0.6) is 0 Å². The lowest BCUT2D eigenvalue weighted by Crippen LogP contribution is -2.31. The number of carbonyl (C=O) groups excluding carboxylic acids is 2. The minimum atomic E-state index is -0.315. The Bertz CT molecular complexity index is 730. The molecule has 0 saturated carbocycles. The second-order valence-electron chi connectivity index (χ2n) is 4.53. The van der Waals surface area contributed by atoms with Gasteiger partial charge in [0.1, 0.15) is 0 Å². The summed E-state index contributed by atoms with van der Waals surface area (Å²) in [6.45, 7) is 1.76. The number of para-hydroxylation sites is 1. The lowest BCUT2D eigenvalue weighted by molar-refractivity contribution is -0.121. The topological polar surface area (TPSA) is 71.1 Å². The number of hydrogen-bond donors (Lipinski definition) is 2. The Hall–Kier alpha value is -2.95. The van der Waals surface area contributed by atoms with E-state index in [1.54, 1.807) is 24.4 Å². The van der Waals surface area contributed by atoms with E-state index >= 15 is 0 Å². The first-order valence-electron chi connectivity index (χ1n) is 6.91. The van der Waals surface area contributed by atoms with Gasteiger partial charge in [-0.2, -0.15) is 0 Å². The molecular weight excluding hydrogens is 278 g/mol. The molecule has 2 aromatic rings. The molecular formula is C17H17N3O2. The molecule has 0 bridgehead atoms. The molecule has 0 unspecified atom stereocenters. The van der Waals surface area contributed by atoms with Crippen molar-refractivity contribution < 1.29 is 9.59 Å². The molecule has 0 atom stereocenters. The molecule has 0 aliphatic rings. The number of pyridine rings is 1. The van der Waals surface area contributed by atoms with Crippen molar-refractivity contribution in [2.24, 2.45) is 0 Å². The first-order chi connectivity index (χ1) is 10.7.